The van der Waals surface area contributed by atoms with Gasteiger partial charge in [0.25, 0.3) is 0 Å². The van der Waals surface area contributed by atoms with Crippen LogP contribution in [-0.2, 0) is 14.8 Å². The van der Waals surface area contributed by atoms with Crippen molar-refractivity contribution in [1.82, 2.24) is 9.21 Å². The van der Waals surface area contributed by atoms with Crippen molar-refractivity contribution in [2.24, 2.45) is 0 Å². The summed E-state index contributed by atoms with van der Waals surface area (Å²) in [5, 5.41) is 0. The topological polar surface area (TPSA) is 70.2 Å². The van der Waals surface area contributed by atoms with Crippen LogP contribution in [0.2, 0.25) is 0 Å². The first kappa shape index (κ1) is 21.6. The Morgan fingerprint density at radius 2 is 1.58 bits per heavy atom. The van der Waals surface area contributed by atoms with Gasteiger partial charge < -0.3 is 14.5 Å². The lowest BCUT2D eigenvalue weighted by Gasteiger charge is -2.38. The third-order valence-corrected chi connectivity index (χ3v) is 8.07. The van der Waals surface area contributed by atoms with Gasteiger partial charge in [0.05, 0.1) is 12.0 Å². The Labute approximate surface area is 184 Å². The third kappa shape index (κ3) is 4.41. The summed E-state index contributed by atoms with van der Waals surface area (Å²) in [5.74, 6) is 0.733. The lowest BCUT2D eigenvalue weighted by atomic mass is 10.1. The zero-order chi connectivity index (χ0) is 22.0. The maximum Gasteiger partial charge on any atom is 0.243 e. The van der Waals surface area contributed by atoms with Gasteiger partial charge in [0.2, 0.25) is 15.9 Å². The van der Waals surface area contributed by atoms with Crippen molar-refractivity contribution in [2.45, 2.75) is 30.7 Å². The number of piperazine rings is 1. The van der Waals surface area contributed by atoms with Crippen molar-refractivity contribution in [3.8, 4) is 5.75 Å². The second-order valence-corrected chi connectivity index (χ2v) is 9.99. The minimum atomic E-state index is -3.69. The van der Waals surface area contributed by atoms with E-state index in [2.05, 4.69) is 4.90 Å². The first-order valence-electron chi connectivity index (χ1n) is 10.7. The highest BCUT2D eigenvalue weighted by atomic mass is 32.2. The molecule has 2 saturated heterocycles. The van der Waals surface area contributed by atoms with E-state index in [1.54, 1.807) is 31.4 Å². The largest absolute Gasteiger partial charge is 0.497 e. The number of sulfonamides is 1. The lowest BCUT2D eigenvalue weighted by Crippen LogP contribution is -2.54. The number of carbonyl (C=O) groups excluding carboxylic acids is 1. The normalized spacial score (nSPS) is 20.1. The molecule has 1 unspecified atom stereocenters. The van der Waals surface area contributed by atoms with Gasteiger partial charge in [-0.2, -0.15) is 4.31 Å². The number of aryl methyl sites for hydroxylation is 1. The van der Waals surface area contributed by atoms with Crippen LogP contribution in [0.1, 0.15) is 18.4 Å². The summed E-state index contributed by atoms with van der Waals surface area (Å²) in [6.07, 6.45) is 1.27. The van der Waals surface area contributed by atoms with Crippen LogP contribution in [-0.4, -0.2) is 69.4 Å². The number of methoxy groups -OCH3 is 1. The summed E-state index contributed by atoms with van der Waals surface area (Å²) in [4.78, 5) is 17.6. The Bertz CT molecular complexity index is 1010. The molecule has 4 rings (SSSR count). The molecule has 0 aliphatic carbocycles. The maximum absolute atomic E-state index is 13.3. The minimum Gasteiger partial charge on any atom is -0.497 e. The van der Waals surface area contributed by atoms with Crippen molar-refractivity contribution >= 4 is 21.6 Å². The zero-order valence-electron chi connectivity index (χ0n) is 18.0. The number of ether oxygens (including phenoxy) is 1. The van der Waals surface area contributed by atoms with E-state index in [1.807, 2.05) is 36.1 Å². The molecule has 2 fully saturated rings. The number of anilines is 1. The molecule has 0 aromatic heterocycles. The molecule has 166 valence electrons. The smallest absolute Gasteiger partial charge is 0.243 e. The van der Waals surface area contributed by atoms with Gasteiger partial charge in [-0.1, -0.05) is 17.7 Å². The number of benzene rings is 2. The summed E-state index contributed by atoms with van der Waals surface area (Å²) in [6, 6.07) is 14.1. The van der Waals surface area contributed by atoms with Gasteiger partial charge in [-0.05, 0) is 56.2 Å². The molecule has 1 amide bonds. The summed E-state index contributed by atoms with van der Waals surface area (Å²) < 4.78 is 32.9. The van der Waals surface area contributed by atoms with Crippen molar-refractivity contribution in [3.05, 3.63) is 54.1 Å². The SMILES string of the molecule is COc1ccc(N2CCN(C(=O)C3CCCN3S(=O)(=O)c3ccc(C)cc3)CC2)cc1. The van der Waals surface area contributed by atoms with Gasteiger partial charge >= 0.3 is 0 Å². The first-order chi connectivity index (χ1) is 14.9. The second kappa shape index (κ2) is 8.88. The molecule has 0 bridgehead atoms. The number of hydrogen-bond acceptors (Lipinski definition) is 5. The highest BCUT2D eigenvalue weighted by molar-refractivity contribution is 7.89. The van der Waals surface area contributed by atoms with E-state index in [1.165, 1.54) is 4.31 Å². The quantitative estimate of drug-likeness (QED) is 0.710. The van der Waals surface area contributed by atoms with E-state index in [0.717, 1.165) is 30.1 Å². The molecule has 1 atom stereocenters. The fourth-order valence-electron chi connectivity index (χ4n) is 4.31. The van der Waals surface area contributed by atoms with Crippen LogP contribution in [0.3, 0.4) is 0 Å². The Hall–Kier alpha value is -2.58. The molecule has 8 heteroatoms. The van der Waals surface area contributed by atoms with Crippen molar-refractivity contribution < 1.29 is 17.9 Å². The molecule has 2 heterocycles. The molecular formula is C23H29N3O4S. The molecule has 2 aliphatic heterocycles. The van der Waals surface area contributed by atoms with Gasteiger partial charge in [0.15, 0.2) is 0 Å². The van der Waals surface area contributed by atoms with Crippen LogP contribution in [0.25, 0.3) is 0 Å². The number of rotatable bonds is 5. The average molecular weight is 444 g/mol. The molecule has 0 N–H and O–H groups in total. The Morgan fingerprint density at radius 1 is 0.935 bits per heavy atom. The van der Waals surface area contributed by atoms with Crippen molar-refractivity contribution in [2.75, 3.05) is 44.7 Å². The molecule has 2 aliphatic rings. The summed E-state index contributed by atoms with van der Waals surface area (Å²) >= 11 is 0. The van der Waals surface area contributed by atoms with Crippen LogP contribution in [0.5, 0.6) is 5.75 Å². The van der Waals surface area contributed by atoms with Crippen LogP contribution >= 0.6 is 0 Å². The molecule has 7 nitrogen and oxygen atoms in total. The van der Waals surface area contributed by atoms with E-state index >= 15 is 0 Å². The van der Waals surface area contributed by atoms with Gasteiger partial charge in [0, 0.05) is 38.4 Å². The predicted molar refractivity (Wildman–Crippen MR) is 120 cm³/mol. The summed E-state index contributed by atoms with van der Waals surface area (Å²) in [6.45, 7) is 4.91. The summed E-state index contributed by atoms with van der Waals surface area (Å²) in [7, 11) is -2.04. The van der Waals surface area contributed by atoms with E-state index in [9.17, 15) is 13.2 Å². The summed E-state index contributed by atoms with van der Waals surface area (Å²) in [5.41, 5.74) is 2.10. The molecule has 0 saturated carbocycles. The standard InChI is InChI=1S/C23H29N3O4S/c1-18-5-11-21(12-6-18)31(28,29)26-13-3-4-22(26)23(27)25-16-14-24(15-17-25)19-7-9-20(30-2)10-8-19/h5-12,22H,3-4,13-17H2,1-2H3. The molecule has 2 aromatic rings. The highest BCUT2D eigenvalue weighted by Crippen LogP contribution is 2.28. The lowest BCUT2D eigenvalue weighted by molar-refractivity contribution is -0.134. The predicted octanol–water partition coefficient (Wildman–Crippen LogP) is 2.51. The van der Waals surface area contributed by atoms with E-state index < -0.39 is 16.1 Å². The molecular weight excluding hydrogens is 414 g/mol. The van der Waals surface area contributed by atoms with Crippen LogP contribution in [0, 0.1) is 6.92 Å². The number of nitrogens with zero attached hydrogens (tertiary/aromatic N) is 3. The van der Waals surface area contributed by atoms with Gasteiger partial charge in [-0.3, -0.25) is 4.79 Å². The molecule has 2 aromatic carbocycles. The van der Waals surface area contributed by atoms with Crippen LogP contribution in [0.4, 0.5) is 5.69 Å². The highest BCUT2D eigenvalue weighted by Gasteiger charge is 2.41. The number of carbonyl (C=O) groups is 1. The number of amides is 1. The molecule has 0 radical (unpaired) electrons. The molecule has 31 heavy (non-hydrogen) atoms. The fourth-order valence-corrected chi connectivity index (χ4v) is 5.96. The Balaban J connectivity index is 1.42. The van der Waals surface area contributed by atoms with Crippen LogP contribution < -0.4 is 9.64 Å². The number of hydrogen-bond donors (Lipinski definition) is 0. The molecule has 0 spiro atoms. The zero-order valence-corrected chi connectivity index (χ0v) is 18.8. The van der Waals surface area contributed by atoms with Gasteiger partial charge in [-0.15, -0.1) is 0 Å². The monoisotopic (exact) mass is 443 g/mol. The van der Waals surface area contributed by atoms with Gasteiger partial charge in [-0.25, -0.2) is 8.42 Å². The first-order valence-corrected chi connectivity index (χ1v) is 12.1. The average Bonchev–Trinajstić information content (AvgIpc) is 3.30. The minimum absolute atomic E-state index is 0.0810. The third-order valence-electron chi connectivity index (χ3n) is 6.15. The van der Waals surface area contributed by atoms with Crippen molar-refractivity contribution in [1.29, 1.82) is 0 Å². The van der Waals surface area contributed by atoms with Crippen molar-refractivity contribution in [3.63, 3.8) is 0 Å². The second-order valence-electron chi connectivity index (χ2n) is 8.10. The fraction of sp³-hybridized carbons (Fsp3) is 0.435. The van der Waals surface area contributed by atoms with E-state index in [-0.39, 0.29) is 10.8 Å². The van der Waals surface area contributed by atoms with E-state index in [0.29, 0.717) is 32.5 Å². The maximum atomic E-state index is 13.3. The van der Waals surface area contributed by atoms with Gasteiger partial charge in [0.1, 0.15) is 11.8 Å². The Morgan fingerprint density at radius 3 is 2.19 bits per heavy atom. The van der Waals surface area contributed by atoms with E-state index in [4.69, 9.17) is 4.74 Å². The van der Waals surface area contributed by atoms with Crippen LogP contribution in [0.15, 0.2) is 53.4 Å². The Kier molecular flexibility index (Phi) is 6.20.